The number of rotatable bonds is 6. The predicted octanol–water partition coefficient (Wildman–Crippen LogP) is 2.75. The van der Waals surface area contributed by atoms with Gasteiger partial charge in [-0.15, -0.1) is 0 Å². The van der Waals surface area contributed by atoms with Gasteiger partial charge in [-0.1, -0.05) is 13.8 Å². The zero-order valence-electron chi connectivity index (χ0n) is 10.3. The average molecular weight is 252 g/mol. The fourth-order valence-corrected chi connectivity index (χ4v) is 1.48. The Morgan fingerprint density at radius 3 is 2.67 bits per heavy atom. The average Bonchev–Trinajstić information content (AvgIpc) is 2.28. The van der Waals surface area contributed by atoms with E-state index in [4.69, 9.17) is 5.11 Å². The van der Waals surface area contributed by atoms with Crippen molar-refractivity contribution in [2.45, 2.75) is 20.3 Å². The second-order valence-corrected chi connectivity index (χ2v) is 4.40. The SMILES string of the molecule is CC(C)CCNc1ccc([N+](=O)[O-])c(C(=O)O)c1. The Balaban J connectivity index is 2.87. The summed E-state index contributed by atoms with van der Waals surface area (Å²) in [6, 6.07) is 4.02. The number of nitrogens with one attached hydrogen (secondary N) is 1. The molecule has 0 aliphatic carbocycles. The van der Waals surface area contributed by atoms with Crippen molar-refractivity contribution < 1.29 is 14.8 Å². The van der Waals surface area contributed by atoms with Crippen molar-refractivity contribution in [2.75, 3.05) is 11.9 Å². The minimum absolute atomic E-state index is 0.297. The van der Waals surface area contributed by atoms with Crippen LogP contribution in [0.3, 0.4) is 0 Å². The number of carboxylic acid groups (broad SMARTS) is 1. The Hall–Kier alpha value is -2.11. The van der Waals surface area contributed by atoms with E-state index in [-0.39, 0.29) is 5.56 Å². The highest BCUT2D eigenvalue weighted by Crippen LogP contribution is 2.22. The molecule has 0 radical (unpaired) electrons. The number of hydrogen-bond donors (Lipinski definition) is 2. The van der Waals surface area contributed by atoms with Gasteiger partial charge >= 0.3 is 5.97 Å². The first-order chi connectivity index (χ1) is 8.41. The van der Waals surface area contributed by atoms with Crippen molar-refractivity contribution in [3.63, 3.8) is 0 Å². The summed E-state index contributed by atoms with van der Waals surface area (Å²) in [6.07, 6.45) is 0.944. The van der Waals surface area contributed by atoms with E-state index in [1.165, 1.54) is 18.2 Å². The second kappa shape index (κ2) is 6.00. The number of aromatic carboxylic acids is 1. The van der Waals surface area contributed by atoms with E-state index in [1.807, 2.05) is 0 Å². The van der Waals surface area contributed by atoms with E-state index in [2.05, 4.69) is 19.2 Å². The first-order valence-electron chi connectivity index (χ1n) is 5.67. The first-order valence-corrected chi connectivity index (χ1v) is 5.67. The zero-order valence-corrected chi connectivity index (χ0v) is 10.3. The molecule has 0 atom stereocenters. The molecule has 2 N–H and O–H groups in total. The quantitative estimate of drug-likeness (QED) is 0.599. The first kappa shape index (κ1) is 14.0. The van der Waals surface area contributed by atoms with Gasteiger partial charge in [-0.25, -0.2) is 4.79 Å². The van der Waals surface area contributed by atoms with Gasteiger partial charge in [0.15, 0.2) is 0 Å². The summed E-state index contributed by atoms with van der Waals surface area (Å²) in [7, 11) is 0. The van der Waals surface area contributed by atoms with Crippen LogP contribution in [0.5, 0.6) is 0 Å². The molecule has 0 fully saturated rings. The monoisotopic (exact) mass is 252 g/mol. The molecule has 0 saturated heterocycles. The van der Waals surface area contributed by atoms with Crippen molar-refractivity contribution in [1.29, 1.82) is 0 Å². The number of nitro benzene ring substituents is 1. The number of anilines is 1. The van der Waals surface area contributed by atoms with Crippen LogP contribution in [-0.4, -0.2) is 22.5 Å². The number of nitro groups is 1. The Morgan fingerprint density at radius 2 is 2.17 bits per heavy atom. The molecule has 6 heteroatoms. The van der Waals surface area contributed by atoms with E-state index in [1.54, 1.807) is 0 Å². The Labute approximate surface area is 105 Å². The zero-order chi connectivity index (χ0) is 13.7. The highest BCUT2D eigenvalue weighted by molar-refractivity contribution is 5.93. The number of hydrogen-bond acceptors (Lipinski definition) is 4. The van der Waals surface area contributed by atoms with Gasteiger partial charge in [0.05, 0.1) is 4.92 Å². The molecule has 1 aromatic carbocycles. The minimum atomic E-state index is -1.30. The fourth-order valence-electron chi connectivity index (χ4n) is 1.48. The standard InChI is InChI=1S/C12H16N2O4/c1-8(2)5-6-13-9-3-4-11(14(17)18)10(7-9)12(15)16/h3-4,7-8,13H,5-6H2,1-2H3,(H,15,16). The van der Waals surface area contributed by atoms with Crippen LogP contribution in [0.15, 0.2) is 18.2 Å². The Morgan fingerprint density at radius 1 is 1.50 bits per heavy atom. The molecule has 0 amide bonds. The summed E-state index contributed by atoms with van der Waals surface area (Å²) >= 11 is 0. The second-order valence-electron chi connectivity index (χ2n) is 4.40. The molecule has 0 aromatic heterocycles. The molecule has 0 spiro atoms. The lowest BCUT2D eigenvalue weighted by molar-refractivity contribution is -0.385. The Kier molecular flexibility index (Phi) is 4.65. The Bertz CT molecular complexity index is 457. The van der Waals surface area contributed by atoms with Crippen LogP contribution in [0.4, 0.5) is 11.4 Å². The summed E-state index contributed by atoms with van der Waals surface area (Å²) in [6.45, 7) is 4.87. The van der Waals surface area contributed by atoms with Crippen LogP contribution >= 0.6 is 0 Å². The van der Waals surface area contributed by atoms with E-state index in [9.17, 15) is 14.9 Å². The van der Waals surface area contributed by atoms with Gasteiger partial charge in [-0.3, -0.25) is 10.1 Å². The van der Waals surface area contributed by atoms with Gasteiger partial charge in [0, 0.05) is 18.3 Å². The van der Waals surface area contributed by atoms with Gasteiger partial charge < -0.3 is 10.4 Å². The summed E-state index contributed by atoms with van der Waals surface area (Å²) in [4.78, 5) is 20.9. The van der Waals surface area contributed by atoms with Gasteiger partial charge in [-0.2, -0.15) is 0 Å². The molecule has 0 bridgehead atoms. The summed E-state index contributed by atoms with van der Waals surface area (Å²) < 4.78 is 0. The van der Waals surface area contributed by atoms with E-state index >= 15 is 0 Å². The topological polar surface area (TPSA) is 92.5 Å². The lowest BCUT2D eigenvalue weighted by Crippen LogP contribution is -2.07. The molecule has 1 aromatic rings. The minimum Gasteiger partial charge on any atom is -0.477 e. The highest BCUT2D eigenvalue weighted by Gasteiger charge is 2.19. The number of carbonyl (C=O) groups is 1. The van der Waals surface area contributed by atoms with Crippen molar-refractivity contribution in [2.24, 2.45) is 5.92 Å². The van der Waals surface area contributed by atoms with Gasteiger partial charge in [0.25, 0.3) is 5.69 Å². The van der Waals surface area contributed by atoms with Crippen LogP contribution < -0.4 is 5.32 Å². The van der Waals surface area contributed by atoms with E-state index in [0.29, 0.717) is 18.2 Å². The maximum Gasteiger partial charge on any atom is 0.342 e. The van der Waals surface area contributed by atoms with Crippen LogP contribution in [0.25, 0.3) is 0 Å². The molecule has 0 heterocycles. The van der Waals surface area contributed by atoms with Gasteiger partial charge in [0.1, 0.15) is 5.56 Å². The van der Waals surface area contributed by atoms with Crippen LogP contribution in [0.2, 0.25) is 0 Å². The molecule has 18 heavy (non-hydrogen) atoms. The maximum absolute atomic E-state index is 10.9. The van der Waals surface area contributed by atoms with Gasteiger partial charge in [-0.05, 0) is 24.5 Å². The van der Waals surface area contributed by atoms with Gasteiger partial charge in [0.2, 0.25) is 0 Å². The third kappa shape index (κ3) is 3.73. The molecule has 0 unspecified atom stereocenters. The van der Waals surface area contributed by atoms with E-state index in [0.717, 1.165) is 6.42 Å². The predicted molar refractivity (Wildman–Crippen MR) is 68.0 cm³/mol. The highest BCUT2D eigenvalue weighted by atomic mass is 16.6. The molecule has 0 aliphatic rings. The van der Waals surface area contributed by atoms with Crippen molar-refractivity contribution in [3.8, 4) is 0 Å². The molecule has 1 rings (SSSR count). The fraction of sp³-hybridized carbons (Fsp3) is 0.417. The molecular formula is C12H16N2O4. The van der Waals surface area contributed by atoms with Crippen LogP contribution in [0, 0.1) is 16.0 Å². The lowest BCUT2D eigenvalue weighted by atomic mass is 10.1. The molecular weight excluding hydrogens is 236 g/mol. The molecule has 98 valence electrons. The third-order valence-corrected chi connectivity index (χ3v) is 2.47. The summed E-state index contributed by atoms with van der Waals surface area (Å²) in [5, 5.41) is 22.6. The van der Waals surface area contributed by atoms with Crippen molar-refractivity contribution in [1.82, 2.24) is 0 Å². The van der Waals surface area contributed by atoms with E-state index < -0.39 is 16.6 Å². The molecule has 0 aliphatic heterocycles. The van der Waals surface area contributed by atoms with Crippen molar-refractivity contribution >= 4 is 17.3 Å². The smallest absolute Gasteiger partial charge is 0.342 e. The van der Waals surface area contributed by atoms with Crippen LogP contribution in [0.1, 0.15) is 30.6 Å². The normalized spacial score (nSPS) is 10.4. The number of benzene rings is 1. The summed E-state index contributed by atoms with van der Waals surface area (Å²) in [5.41, 5.74) is -0.106. The lowest BCUT2D eigenvalue weighted by Gasteiger charge is -2.09. The number of carboxylic acids is 1. The molecule has 6 nitrogen and oxygen atoms in total. The third-order valence-electron chi connectivity index (χ3n) is 2.47. The van der Waals surface area contributed by atoms with Crippen LogP contribution in [-0.2, 0) is 0 Å². The maximum atomic E-state index is 10.9. The molecule has 0 saturated carbocycles. The van der Waals surface area contributed by atoms with Crippen molar-refractivity contribution in [3.05, 3.63) is 33.9 Å². The number of nitrogens with zero attached hydrogens (tertiary/aromatic N) is 1. The summed E-state index contributed by atoms with van der Waals surface area (Å²) in [5.74, 6) is -0.760. The largest absolute Gasteiger partial charge is 0.477 e.